The molecule has 0 aliphatic carbocycles. The number of aromatic nitrogens is 1. The Kier molecular flexibility index (Phi) is 6.22. The fraction of sp³-hybridized carbons (Fsp3) is 0.192. The Labute approximate surface area is 182 Å². The van der Waals surface area contributed by atoms with Crippen molar-refractivity contribution in [2.45, 2.75) is 12.8 Å². The average Bonchev–Trinajstić information content (AvgIpc) is 3.24. The highest BCUT2D eigenvalue weighted by atomic mass is 16.5. The van der Waals surface area contributed by atoms with E-state index in [-0.39, 0.29) is 11.8 Å². The van der Waals surface area contributed by atoms with Crippen LogP contribution in [0.5, 0.6) is 11.5 Å². The first-order chi connectivity index (χ1) is 15.2. The first kappa shape index (κ1) is 20.5. The molecule has 1 atom stereocenters. The molecule has 158 valence electrons. The highest BCUT2D eigenvalue weighted by molar-refractivity contribution is 5.94. The van der Waals surface area contributed by atoms with E-state index in [1.807, 2.05) is 61.7 Å². The van der Waals surface area contributed by atoms with Crippen molar-refractivity contribution in [1.82, 2.24) is 10.3 Å². The molecule has 0 fully saturated rings. The van der Waals surface area contributed by atoms with Crippen LogP contribution in [0.4, 0.5) is 0 Å². The van der Waals surface area contributed by atoms with E-state index < -0.39 is 0 Å². The van der Waals surface area contributed by atoms with Crippen molar-refractivity contribution in [3.8, 4) is 11.5 Å². The lowest BCUT2D eigenvalue weighted by atomic mass is 9.90. The van der Waals surface area contributed by atoms with Gasteiger partial charge in [0, 0.05) is 35.1 Å². The van der Waals surface area contributed by atoms with Gasteiger partial charge in [0.2, 0.25) is 0 Å². The van der Waals surface area contributed by atoms with Gasteiger partial charge in [-0.15, -0.1) is 0 Å². The van der Waals surface area contributed by atoms with Crippen LogP contribution < -0.4 is 14.8 Å². The molecule has 4 aromatic rings. The molecule has 0 saturated carbocycles. The Hall–Kier alpha value is -3.73. The minimum Gasteiger partial charge on any atom is -0.497 e. The molecule has 0 saturated heterocycles. The molecule has 4 rings (SSSR count). The van der Waals surface area contributed by atoms with E-state index in [9.17, 15) is 4.79 Å². The van der Waals surface area contributed by atoms with Gasteiger partial charge in [0.25, 0.3) is 5.91 Å². The van der Waals surface area contributed by atoms with Gasteiger partial charge in [-0.25, -0.2) is 0 Å². The molecule has 0 unspecified atom stereocenters. The van der Waals surface area contributed by atoms with Crippen molar-refractivity contribution < 1.29 is 14.3 Å². The Bertz CT molecular complexity index is 1160. The zero-order valence-electron chi connectivity index (χ0n) is 17.7. The van der Waals surface area contributed by atoms with Gasteiger partial charge in [-0.05, 0) is 54.4 Å². The summed E-state index contributed by atoms with van der Waals surface area (Å²) >= 11 is 0. The number of para-hydroxylation sites is 1. The zero-order valence-corrected chi connectivity index (χ0v) is 17.7. The average molecular weight is 415 g/mol. The number of benzene rings is 3. The van der Waals surface area contributed by atoms with E-state index in [0.717, 1.165) is 27.8 Å². The summed E-state index contributed by atoms with van der Waals surface area (Å²) in [6, 6.07) is 23.5. The molecule has 0 radical (unpaired) electrons. The lowest BCUT2D eigenvalue weighted by molar-refractivity contribution is 0.0952. The summed E-state index contributed by atoms with van der Waals surface area (Å²) in [6.45, 7) is 2.95. The molecule has 5 nitrogen and oxygen atoms in total. The normalized spacial score (nSPS) is 11.8. The molecule has 5 heteroatoms. The number of carbonyl (C=O) groups is 1. The number of ether oxygens (including phenoxy) is 2. The second-order valence-electron chi connectivity index (χ2n) is 7.29. The van der Waals surface area contributed by atoms with Crippen molar-refractivity contribution in [2.75, 3.05) is 20.3 Å². The van der Waals surface area contributed by atoms with Crippen LogP contribution in [0.15, 0.2) is 79.0 Å². The summed E-state index contributed by atoms with van der Waals surface area (Å²) in [4.78, 5) is 16.2. The van der Waals surface area contributed by atoms with E-state index in [1.54, 1.807) is 19.2 Å². The molecule has 0 aliphatic rings. The number of nitrogens with one attached hydrogen (secondary N) is 2. The van der Waals surface area contributed by atoms with Gasteiger partial charge in [-0.2, -0.15) is 0 Å². The van der Waals surface area contributed by atoms with Gasteiger partial charge in [-0.1, -0.05) is 36.4 Å². The first-order valence-electron chi connectivity index (χ1n) is 10.4. The van der Waals surface area contributed by atoms with Crippen molar-refractivity contribution in [3.63, 3.8) is 0 Å². The summed E-state index contributed by atoms with van der Waals surface area (Å²) in [6.07, 6.45) is 2.03. The number of hydrogen-bond donors (Lipinski definition) is 2. The van der Waals surface area contributed by atoms with Crippen LogP contribution in [0, 0.1) is 0 Å². The van der Waals surface area contributed by atoms with Crippen LogP contribution in [-0.2, 0) is 0 Å². The maximum absolute atomic E-state index is 12.9. The molecule has 0 spiro atoms. The fourth-order valence-corrected chi connectivity index (χ4v) is 3.82. The lowest BCUT2D eigenvalue weighted by Gasteiger charge is -2.19. The molecular formula is C26H26N2O3. The van der Waals surface area contributed by atoms with Gasteiger partial charge >= 0.3 is 0 Å². The van der Waals surface area contributed by atoms with Crippen LogP contribution in [0.3, 0.4) is 0 Å². The predicted molar refractivity (Wildman–Crippen MR) is 123 cm³/mol. The summed E-state index contributed by atoms with van der Waals surface area (Å²) in [5.74, 6) is 1.36. The quantitative estimate of drug-likeness (QED) is 0.420. The maximum atomic E-state index is 12.9. The second kappa shape index (κ2) is 9.39. The summed E-state index contributed by atoms with van der Waals surface area (Å²) in [7, 11) is 1.66. The van der Waals surface area contributed by atoms with Crippen LogP contribution >= 0.6 is 0 Å². The highest BCUT2D eigenvalue weighted by Gasteiger charge is 2.20. The van der Waals surface area contributed by atoms with Crippen molar-refractivity contribution in [2.24, 2.45) is 0 Å². The Morgan fingerprint density at radius 1 is 1.00 bits per heavy atom. The molecule has 2 N–H and O–H groups in total. The standard InChI is InChI=1S/C26H26N2O3/c1-3-31-21-8-6-7-19(15-21)26(29)28-16-23(18-11-13-20(30-2)14-12-18)24-17-27-25-10-5-4-9-22(24)25/h4-15,17,23,27H,3,16H2,1-2H3,(H,28,29)/t23-/m1/s1. The smallest absolute Gasteiger partial charge is 0.251 e. The SMILES string of the molecule is CCOc1cccc(C(=O)NC[C@H](c2ccc(OC)cc2)c2c[nH]c3ccccc23)c1. The Morgan fingerprint density at radius 2 is 1.81 bits per heavy atom. The van der Waals surface area contributed by atoms with Crippen molar-refractivity contribution >= 4 is 16.8 Å². The van der Waals surface area contributed by atoms with Crippen LogP contribution in [-0.4, -0.2) is 31.2 Å². The monoisotopic (exact) mass is 414 g/mol. The van der Waals surface area contributed by atoms with E-state index >= 15 is 0 Å². The van der Waals surface area contributed by atoms with Gasteiger partial charge in [0.05, 0.1) is 13.7 Å². The Morgan fingerprint density at radius 3 is 2.58 bits per heavy atom. The Balaban J connectivity index is 1.61. The van der Waals surface area contributed by atoms with E-state index in [2.05, 4.69) is 22.4 Å². The topological polar surface area (TPSA) is 63.4 Å². The van der Waals surface area contributed by atoms with Gasteiger partial charge in [-0.3, -0.25) is 4.79 Å². The lowest BCUT2D eigenvalue weighted by Crippen LogP contribution is -2.28. The zero-order chi connectivity index (χ0) is 21.6. The molecule has 1 amide bonds. The number of carbonyl (C=O) groups excluding carboxylic acids is 1. The third-order valence-corrected chi connectivity index (χ3v) is 5.39. The summed E-state index contributed by atoms with van der Waals surface area (Å²) < 4.78 is 10.8. The van der Waals surface area contributed by atoms with Gasteiger partial charge in [0.15, 0.2) is 0 Å². The molecular weight excluding hydrogens is 388 g/mol. The number of methoxy groups -OCH3 is 1. The number of hydrogen-bond acceptors (Lipinski definition) is 3. The number of aromatic amines is 1. The maximum Gasteiger partial charge on any atom is 0.251 e. The van der Waals surface area contributed by atoms with Crippen molar-refractivity contribution in [3.05, 3.63) is 95.7 Å². The largest absolute Gasteiger partial charge is 0.497 e. The van der Waals surface area contributed by atoms with Crippen LogP contribution in [0.25, 0.3) is 10.9 Å². The minimum absolute atomic E-state index is 0.0129. The first-order valence-corrected chi connectivity index (χ1v) is 10.4. The van der Waals surface area contributed by atoms with Gasteiger partial charge in [0.1, 0.15) is 11.5 Å². The van der Waals surface area contributed by atoms with E-state index in [4.69, 9.17) is 9.47 Å². The third kappa shape index (κ3) is 4.56. The molecule has 0 aliphatic heterocycles. The van der Waals surface area contributed by atoms with Gasteiger partial charge < -0.3 is 19.8 Å². The van der Waals surface area contributed by atoms with Crippen LogP contribution in [0.1, 0.15) is 34.3 Å². The molecule has 3 aromatic carbocycles. The minimum atomic E-state index is -0.125. The van der Waals surface area contributed by atoms with E-state index in [0.29, 0.717) is 24.5 Å². The second-order valence-corrected chi connectivity index (χ2v) is 7.29. The van der Waals surface area contributed by atoms with Crippen LogP contribution in [0.2, 0.25) is 0 Å². The predicted octanol–water partition coefficient (Wildman–Crippen LogP) is 5.14. The van der Waals surface area contributed by atoms with Crippen molar-refractivity contribution in [1.29, 1.82) is 0 Å². The molecule has 31 heavy (non-hydrogen) atoms. The summed E-state index contributed by atoms with van der Waals surface area (Å²) in [5, 5.41) is 4.26. The number of fused-ring (bicyclic) bond motifs is 1. The fourth-order valence-electron chi connectivity index (χ4n) is 3.82. The number of H-pyrrole nitrogens is 1. The van der Waals surface area contributed by atoms with E-state index in [1.165, 1.54) is 0 Å². The molecule has 1 aromatic heterocycles. The molecule has 1 heterocycles. The third-order valence-electron chi connectivity index (χ3n) is 5.39. The molecule has 0 bridgehead atoms. The highest BCUT2D eigenvalue weighted by Crippen LogP contribution is 2.31. The summed E-state index contributed by atoms with van der Waals surface area (Å²) in [5.41, 5.74) is 3.91. The number of rotatable bonds is 8. The number of amides is 1.